The van der Waals surface area contributed by atoms with Gasteiger partial charge in [-0.25, -0.2) is 4.98 Å². The smallest absolute Gasteiger partial charge is 0.191 e. The number of rotatable bonds is 6. The first kappa shape index (κ1) is 17.9. The van der Waals surface area contributed by atoms with Gasteiger partial charge < -0.3 is 4.57 Å². The maximum atomic E-state index is 4.56. The minimum Gasteiger partial charge on any atom is -0.308 e. The third-order valence-corrected chi connectivity index (χ3v) is 6.28. The minimum atomic E-state index is 0.0563. The molecule has 0 radical (unpaired) electrons. The van der Waals surface area contributed by atoms with E-state index in [1.54, 1.807) is 23.1 Å². The van der Waals surface area contributed by atoms with Crippen molar-refractivity contribution in [1.29, 1.82) is 0 Å². The standard InChI is InChI=1S/C21H20N4S2/c1-15-22-18(13-26-15)14-27-21-24-23-20(25(21)2)19(16-9-5-3-6-10-16)17-11-7-4-8-12-17/h3-13,19H,14H2,1-2H3. The number of aromatic nitrogens is 4. The molecule has 4 aromatic rings. The molecule has 0 saturated heterocycles. The molecule has 6 heteroatoms. The van der Waals surface area contributed by atoms with Crippen LogP contribution in [0.4, 0.5) is 0 Å². The van der Waals surface area contributed by atoms with Gasteiger partial charge in [-0.3, -0.25) is 0 Å². The number of aryl methyl sites for hydroxylation is 1. The van der Waals surface area contributed by atoms with Gasteiger partial charge in [0.15, 0.2) is 5.16 Å². The Balaban J connectivity index is 1.66. The Morgan fingerprint density at radius 2 is 1.59 bits per heavy atom. The number of hydrogen-bond donors (Lipinski definition) is 0. The molecule has 2 heterocycles. The summed E-state index contributed by atoms with van der Waals surface area (Å²) in [5.74, 6) is 1.81. The Bertz CT molecular complexity index is 970. The van der Waals surface area contributed by atoms with E-state index in [2.05, 4.69) is 73.7 Å². The van der Waals surface area contributed by atoms with Gasteiger partial charge in [0, 0.05) is 18.2 Å². The lowest BCUT2D eigenvalue weighted by atomic mass is 9.90. The third kappa shape index (κ3) is 3.96. The van der Waals surface area contributed by atoms with Gasteiger partial charge in [-0.1, -0.05) is 72.4 Å². The highest BCUT2D eigenvalue weighted by molar-refractivity contribution is 7.98. The van der Waals surface area contributed by atoms with Gasteiger partial charge in [-0.2, -0.15) is 0 Å². The summed E-state index contributed by atoms with van der Waals surface area (Å²) in [7, 11) is 2.04. The van der Waals surface area contributed by atoms with Gasteiger partial charge in [-0.15, -0.1) is 21.5 Å². The van der Waals surface area contributed by atoms with E-state index < -0.39 is 0 Å². The molecule has 2 aromatic heterocycles. The fraction of sp³-hybridized carbons (Fsp3) is 0.190. The Hall–Kier alpha value is -2.44. The van der Waals surface area contributed by atoms with Crippen LogP contribution in [0.2, 0.25) is 0 Å². The van der Waals surface area contributed by atoms with Crippen LogP contribution in [0.15, 0.2) is 71.2 Å². The van der Waals surface area contributed by atoms with Crippen LogP contribution in [0.25, 0.3) is 0 Å². The van der Waals surface area contributed by atoms with E-state index in [9.17, 15) is 0 Å². The van der Waals surface area contributed by atoms with Crippen molar-refractivity contribution >= 4 is 23.1 Å². The molecule has 0 atom stereocenters. The van der Waals surface area contributed by atoms with Crippen molar-refractivity contribution in [2.24, 2.45) is 7.05 Å². The van der Waals surface area contributed by atoms with E-state index in [-0.39, 0.29) is 5.92 Å². The Morgan fingerprint density at radius 1 is 0.963 bits per heavy atom. The van der Waals surface area contributed by atoms with Gasteiger partial charge >= 0.3 is 0 Å². The highest BCUT2D eigenvalue weighted by Crippen LogP contribution is 2.32. The summed E-state index contributed by atoms with van der Waals surface area (Å²) in [4.78, 5) is 4.53. The van der Waals surface area contributed by atoms with Crippen molar-refractivity contribution in [3.63, 3.8) is 0 Å². The van der Waals surface area contributed by atoms with Crippen molar-refractivity contribution in [2.45, 2.75) is 23.8 Å². The van der Waals surface area contributed by atoms with Crippen LogP contribution >= 0.6 is 23.1 Å². The molecule has 0 bridgehead atoms. The first-order valence-electron chi connectivity index (χ1n) is 8.75. The number of thiazole rings is 1. The molecular weight excluding hydrogens is 372 g/mol. The molecule has 4 nitrogen and oxygen atoms in total. The van der Waals surface area contributed by atoms with E-state index in [4.69, 9.17) is 0 Å². The molecular formula is C21H20N4S2. The van der Waals surface area contributed by atoms with Crippen molar-refractivity contribution < 1.29 is 0 Å². The molecule has 2 aromatic carbocycles. The normalized spacial score (nSPS) is 11.2. The first-order chi connectivity index (χ1) is 13.2. The second kappa shape index (κ2) is 8.06. The predicted molar refractivity (Wildman–Crippen MR) is 111 cm³/mol. The predicted octanol–water partition coefficient (Wildman–Crippen LogP) is 5.05. The highest BCUT2D eigenvalue weighted by atomic mass is 32.2. The average molecular weight is 393 g/mol. The summed E-state index contributed by atoms with van der Waals surface area (Å²) in [6.45, 7) is 2.03. The van der Waals surface area contributed by atoms with Crippen molar-refractivity contribution in [3.8, 4) is 0 Å². The molecule has 27 heavy (non-hydrogen) atoms. The van der Waals surface area contributed by atoms with Crippen LogP contribution in [-0.2, 0) is 12.8 Å². The molecule has 0 unspecified atom stereocenters. The number of nitrogens with zero attached hydrogens (tertiary/aromatic N) is 4. The molecule has 136 valence electrons. The van der Waals surface area contributed by atoms with Gasteiger partial charge in [0.1, 0.15) is 5.82 Å². The largest absolute Gasteiger partial charge is 0.308 e. The molecule has 0 amide bonds. The molecule has 0 saturated carbocycles. The van der Waals surface area contributed by atoms with Crippen molar-refractivity contribution in [1.82, 2.24) is 19.7 Å². The third-order valence-electron chi connectivity index (χ3n) is 4.41. The monoisotopic (exact) mass is 392 g/mol. The molecule has 0 fully saturated rings. The Morgan fingerprint density at radius 3 is 2.15 bits per heavy atom. The zero-order valence-electron chi connectivity index (χ0n) is 15.2. The molecule has 0 aliphatic rings. The van der Waals surface area contributed by atoms with Crippen LogP contribution in [0.3, 0.4) is 0 Å². The summed E-state index contributed by atoms with van der Waals surface area (Å²) >= 11 is 3.36. The number of thioether (sulfide) groups is 1. The Kier molecular flexibility index (Phi) is 5.36. The van der Waals surface area contributed by atoms with Crippen molar-refractivity contribution in [3.05, 3.63) is 93.7 Å². The average Bonchev–Trinajstić information content (AvgIpc) is 3.28. The van der Waals surface area contributed by atoms with E-state index in [1.165, 1.54) is 11.1 Å². The molecule has 4 rings (SSSR count). The number of hydrogen-bond acceptors (Lipinski definition) is 5. The maximum Gasteiger partial charge on any atom is 0.191 e. The Labute approximate surface area is 167 Å². The van der Waals surface area contributed by atoms with E-state index in [0.717, 1.165) is 27.4 Å². The molecule has 0 aliphatic carbocycles. The molecule has 0 N–H and O–H groups in total. The second-order valence-electron chi connectivity index (χ2n) is 6.30. The first-order valence-corrected chi connectivity index (χ1v) is 10.6. The summed E-state index contributed by atoms with van der Waals surface area (Å²) in [6, 6.07) is 21.0. The quantitative estimate of drug-likeness (QED) is 0.431. The van der Waals surface area contributed by atoms with Crippen molar-refractivity contribution in [2.75, 3.05) is 0 Å². The zero-order valence-corrected chi connectivity index (χ0v) is 16.9. The highest BCUT2D eigenvalue weighted by Gasteiger charge is 2.23. The molecule has 0 spiro atoms. The van der Waals surface area contributed by atoms with Crippen LogP contribution in [0.5, 0.6) is 0 Å². The summed E-state index contributed by atoms with van der Waals surface area (Å²) in [5.41, 5.74) is 3.52. The molecule has 0 aliphatic heterocycles. The lowest BCUT2D eigenvalue weighted by Crippen LogP contribution is -2.10. The summed E-state index contributed by atoms with van der Waals surface area (Å²) in [6.07, 6.45) is 0. The lowest BCUT2D eigenvalue weighted by molar-refractivity contribution is 0.716. The second-order valence-corrected chi connectivity index (χ2v) is 8.31. The lowest BCUT2D eigenvalue weighted by Gasteiger charge is -2.17. The van der Waals surface area contributed by atoms with Gasteiger partial charge in [0.2, 0.25) is 0 Å². The number of benzene rings is 2. The van der Waals surface area contributed by atoms with Crippen LogP contribution in [0.1, 0.15) is 33.6 Å². The van der Waals surface area contributed by atoms with Gasteiger partial charge in [0.25, 0.3) is 0 Å². The summed E-state index contributed by atoms with van der Waals surface area (Å²) < 4.78 is 2.11. The SMILES string of the molecule is Cc1nc(CSc2nnc(C(c3ccccc3)c3ccccc3)n2C)cs1. The van der Waals surface area contributed by atoms with Gasteiger partial charge in [0.05, 0.1) is 16.6 Å². The van der Waals surface area contributed by atoms with E-state index >= 15 is 0 Å². The van der Waals surface area contributed by atoms with Crippen LogP contribution in [-0.4, -0.2) is 19.7 Å². The maximum absolute atomic E-state index is 4.56. The fourth-order valence-corrected chi connectivity index (χ4v) is 4.63. The summed E-state index contributed by atoms with van der Waals surface area (Å²) in [5, 5.41) is 13.1. The van der Waals surface area contributed by atoms with Gasteiger partial charge in [-0.05, 0) is 18.1 Å². The van der Waals surface area contributed by atoms with E-state index in [1.807, 2.05) is 26.1 Å². The zero-order chi connectivity index (χ0) is 18.6. The van der Waals surface area contributed by atoms with Crippen LogP contribution in [0, 0.1) is 6.92 Å². The fourth-order valence-electron chi connectivity index (χ4n) is 3.10. The van der Waals surface area contributed by atoms with E-state index in [0.29, 0.717) is 0 Å². The van der Waals surface area contributed by atoms with Crippen LogP contribution < -0.4 is 0 Å². The topological polar surface area (TPSA) is 43.6 Å². The minimum absolute atomic E-state index is 0.0563.